The third kappa shape index (κ3) is 2.52. The number of rotatable bonds is 4. The minimum Gasteiger partial charge on any atom is -0.464 e. The minimum absolute atomic E-state index is 0.181. The molecule has 0 heterocycles. The van der Waals surface area contributed by atoms with Crippen molar-refractivity contribution in [3.8, 4) is 0 Å². The zero-order valence-electron chi connectivity index (χ0n) is 12.6. The van der Waals surface area contributed by atoms with Crippen LogP contribution in [0.4, 0.5) is 10.1 Å². The average molecular weight is 291 g/mol. The number of esters is 1. The molecule has 3 unspecified atom stereocenters. The van der Waals surface area contributed by atoms with Gasteiger partial charge in [-0.1, -0.05) is 0 Å². The molecule has 21 heavy (non-hydrogen) atoms. The van der Waals surface area contributed by atoms with E-state index in [1.165, 1.54) is 18.6 Å². The van der Waals surface area contributed by atoms with Crippen molar-refractivity contribution in [1.29, 1.82) is 0 Å². The fraction of sp³-hybridized carbons (Fsp3) is 0.588. The zero-order valence-corrected chi connectivity index (χ0v) is 12.6. The summed E-state index contributed by atoms with van der Waals surface area (Å²) in [6.45, 7) is 4.05. The maximum atomic E-state index is 13.6. The molecular formula is C17H22FNO2. The van der Waals surface area contributed by atoms with Crippen LogP contribution >= 0.6 is 0 Å². The molecule has 3 atom stereocenters. The molecule has 1 aromatic carbocycles. The Kier molecular flexibility index (Phi) is 3.64. The van der Waals surface area contributed by atoms with Crippen molar-refractivity contribution >= 4 is 11.7 Å². The standard InChI is InChI=1S/C17H22FNO2/c1-3-21-16(20)17(10-12-4-5-13(17)8-12)19-15-7-11(2)6-14(18)9-15/h6-7,9,12-13,19H,3-5,8,10H2,1-2H3. The van der Waals surface area contributed by atoms with Crippen LogP contribution in [0.2, 0.25) is 0 Å². The number of nitrogens with one attached hydrogen (secondary N) is 1. The largest absolute Gasteiger partial charge is 0.464 e. The molecule has 3 nitrogen and oxygen atoms in total. The van der Waals surface area contributed by atoms with Crippen LogP contribution in [-0.4, -0.2) is 18.1 Å². The molecule has 0 saturated heterocycles. The van der Waals surface area contributed by atoms with E-state index in [9.17, 15) is 9.18 Å². The zero-order chi connectivity index (χ0) is 15.0. The number of hydrogen-bond acceptors (Lipinski definition) is 3. The van der Waals surface area contributed by atoms with Crippen LogP contribution < -0.4 is 5.32 Å². The predicted molar refractivity (Wildman–Crippen MR) is 79.6 cm³/mol. The smallest absolute Gasteiger partial charge is 0.332 e. The lowest BCUT2D eigenvalue weighted by Gasteiger charge is -2.37. The normalized spacial score (nSPS) is 30.4. The number of carbonyl (C=O) groups excluding carboxylic acids is 1. The Labute approximate surface area is 124 Å². The van der Waals surface area contributed by atoms with E-state index < -0.39 is 5.54 Å². The first-order valence-corrected chi connectivity index (χ1v) is 7.76. The van der Waals surface area contributed by atoms with Gasteiger partial charge in [-0.2, -0.15) is 0 Å². The van der Waals surface area contributed by atoms with Gasteiger partial charge in [0, 0.05) is 5.69 Å². The number of fused-ring (bicyclic) bond motifs is 2. The summed E-state index contributed by atoms with van der Waals surface area (Å²) in [5.41, 5.74) is 0.854. The summed E-state index contributed by atoms with van der Waals surface area (Å²) in [4.78, 5) is 12.6. The molecule has 2 aliphatic carbocycles. The molecule has 114 valence electrons. The third-order valence-corrected chi connectivity index (χ3v) is 4.90. The molecule has 0 amide bonds. The summed E-state index contributed by atoms with van der Waals surface area (Å²) in [6.07, 6.45) is 4.10. The van der Waals surface area contributed by atoms with Crippen molar-refractivity contribution in [2.24, 2.45) is 11.8 Å². The highest BCUT2D eigenvalue weighted by Crippen LogP contribution is 2.52. The van der Waals surface area contributed by atoms with Crippen molar-refractivity contribution in [3.05, 3.63) is 29.6 Å². The van der Waals surface area contributed by atoms with Gasteiger partial charge in [0.05, 0.1) is 6.61 Å². The first kappa shape index (κ1) is 14.4. The second kappa shape index (κ2) is 5.32. The SMILES string of the molecule is CCOC(=O)C1(Nc2cc(C)cc(F)c2)CC2CCC1C2. The van der Waals surface area contributed by atoms with Crippen molar-refractivity contribution in [2.75, 3.05) is 11.9 Å². The Balaban J connectivity index is 1.91. The summed E-state index contributed by atoms with van der Waals surface area (Å²) < 4.78 is 18.9. The lowest BCUT2D eigenvalue weighted by Crippen LogP contribution is -2.51. The molecule has 0 radical (unpaired) electrons. The average Bonchev–Trinajstić information content (AvgIpc) is 2.98. The molecule has 2 saturated carbocycles. The Bertz CT molecular complexity index is 539. The topological polar surface area (TPSA) is 38.3 Å². The molecule has 2 aliphatic rings. The van der Waals surface area contributed by atoms with Gasteiger partial charge in [0.2, 0.25) is 0 Å². The second-order valence-corrected chi connectivity index (χ2v) is 6.41. The van der Waals surface area contributed by atoms with Gasteiger partial charge < -0.3 is 10.1 Å². The number of benzene rings is 1. The van der Waals surface area contributed by atoms with E-state index in [4.69, 9.17) is 4.74 Å². The van der Waals surface area contributed by atoms with Crippen LogP contribution in [0, 0.1) is 24.6 Å². The van der Waals surface area contributed by atoms with E-state index in [1.807, 2.05) is 19.9 Å². The van der Waals surface area contributed by atoms with E-state index in [0.29, 0.717) is 24.1 Å². The fourth-order valence-electron chi connectivity index (χ4n) is 4.11. The van der Waals surface area contributed by atoms with Gasteiger partial charge in [0.25, 0.3) is 0 Å². The van der Waals surface area contributed by atoms with E-state index in [-0.39, 0.29) is 11.8 Å². The minimum atomic E-state index is -0.667. The molecule has 2 fully saturated rings. The summed E-state index contributed by atoms with van der Waals surface area (Å²) in [7, 11) is 0. The Hall–Kier alpha value is -1.58. The highest BCUT2D eigenvalue weighted by Gasteiger charge is 2.56. The van der Waals surface area contributed by atoms with Crippen LogP contribution in [0.1, 0.15) is 38.2 Å². The highest BCUT2D eigenvalue weighted by atomic mass is 19.1. The van der Waals surface area contributed by atoms with Crippen molar-refractivity contribution in [2.45, 2.75) is 45.1 Å². The monoisotopic (exact) mass is 291 g/mol. The first-order chi connectivity index (χ1) is 10.0. The van der Waals surface area contributed by atoms with Crippen LogP contribution in [0.5, 0.6) is 0 Å². The van der Waals surface area contributed by atoms with E-state index in [1.54, 1.807) is 0 Å². The summed E-state index contributed by atoms with van der Waals surface area (Å²) in [5.74, 6) is 0.422. The number of anilines is 1. The molecule has 1 aromatic rings. The Morgan fingerprint density at radius 3 is 2.81 bits per heavy atom. The lowest BCUT2D eigenvalue weighted by atomic mass is 9.80. The molecule has 0 aromatic heterocycles. The quantitative estimate of drug-likeness (QED) is 0.860. The van der Waals surface area contributed by atoms with Gasteiger partial charge in [0.15, 0.2) is 0 Å². The fourth-order valence-corrected chi connectivity index (χ4v) is 4.11. The van der Waals surface area contributed by atoms with Gasteiger partial charge in [-0.3, -0.25) is 0 Å². The van der Waals surface area contributed by atoms with Crippen molar-refractivity contribution < 1.29 is 13.9 Å². The summed E-state index contributed by atoms with van der Waals surface area (Å²) in [6, 6.07) is 4.83. The number of carbonyl (C=O) groups is 1. The van der Waals surface area contributed by atoms with Gasteiger partial charge in [0.1, 0.15) is 11.4 Å². The van der Waals surface area contributed by atoms with Crippen LogP contribution in [0.25, 0.3) is 0 Å². The third-order valence-electron chi connectivity index (χ3n) is 4.90. The molecule has 0 spiro atoms. The van der Waals surface area contributed by atoms with Crippen LogP contribution in [0.15, 0.2) is 18.2 Å². The second-order valence-electron chi connectivity index (χ2n) is 6.41. The number of aryl methyl sites for hydroxylation is 1. The van der Waals surface area contributed by atoms with Crippen molar-refractivity contribution in [1.82, 2.24) is 0 Å². The van der Waals surface area contributed by atoms with Crippen LogP contribution in [-0.2, 0) is 9.53 Å². The summed E-state index contributed by atoms with van der Waals surface area (Å²) in [5, 5.41) is 3.34. The Morgan fingerprint density at radius 2 is 2.24 bits per heavy atom. The number of halogens is 1. The predicted octanol–water partition coefficient (Wildman–Crippen LogP) is 3.67. The van der Waals surface area contributed by atoms with Crippen LogP contribution in [0.3, 0.4) is 0 Å². The molecule has 2 bridgehead atoms. The molecule has 0 aliphatic heterocycles. The van der Waals surface area contributed by atoms with E-state index in [2.05, 4.69) is 5.32 Å². The van der Waals surface area contributed by atoms with E-state index in [0.717, 1.165) is 24.8 Å². The lowest BCUT2D eigenvalue weighted by molar-refractivity contribution is -0.150. The van der Waals surface area contributed by atoms with Crippen molar-refractivity contribution in [3.63, 3.8) is 0 Å². The maximum absolute atomic E-state index is 13.6. The molecule has 1 N–H and O–H groups in total. The number of ether oxygens (including phenoxy) is 1. The first-order valence-electron chi connectivity index (χ1n) is 7.76. The van der Waals surface area contributed by atoms with Gasteiger partial charge in [-0.25, -0.2) is 9.18 Å². The van der Waals surface area contributed by atoms with Gasteiger partial charge >= 0.3 is 5.97 Å². The van der Waals surface area contributed by atoms with Gasteiger partial charge in [-0.15, -0.1) is 0 Å². The molecule has 4 heteroatoms. The van der Waals surface area contributed by atoms with Gasteiger partial charge in [-0.05, 0) is 75.1 Å². The Morgan fingerprint density at radius 1 is 1.43 bits per heavy atom. The molecule has 3 rings (SSSR count). The highest BCUT2D eigenvalue weighted by molar-refractivity contribution is 5.86. The maximum Gasteiger partial charge on any atom is 0.332 e. The summed E-state index contributed by atoms with van der Waals surface area (Å²) >= 11 is 0. The number of hydrogen-bond donors (Lipinski definition) is 1. The van der Waals surface area contributed by atoms with E-state index >= 15 is 0 Å². The molecular weight excluding hydrogens is 269 g/mol.